The van der Waals surface area contributed by atoms with Gasteiger partial charge < -0.3 is 5.32 Å². The fourth-order valence-corrected chi connectivity index (χ4v) is 3.28. The normalized spacial score (nSPS) is 12.1. The molecule has 0 saturated carbocycles. The lowest BCUT2D eigenvalue weighted by Gasteiger charge is -2.16. The Bertz CT molecular complexity index is 1100. The molecule has 32 heavy (non-hydrogen) atoms. The van der Waals surface area contributed by atoms with Crippen molar-refractivity contribution in [1.29, 1.82) is 0 Å². The van der Waals surface area contributed by atoms with E-state index in [0.717, 1.165) is 12.1 Å². The summed E-state index contributed by atoms with van der Waals surface area (Å²) < 4.78 is 38.5. The number of hydrogen-bond acceptors (Lipinski definition) is 3. The summed E-state index contributed by atoms with van der Waals surface area (Å²) in [5, 5.41) is 2.37. The topological polar surface area (TPSA) is 63.2 Å². The van der Waals surface area contributed by atoms with Crippen molar-refractivity contribution in [2.75, 3.05) is 5.32 Å². The quantitative estimate of drug-likeness (QED) is 0.364. The highest BCUT2D eigenvalue weighted by Crippen LogP contribution is 2.30. The van der Waals surface area contributed by atoms with Gasteiger partial charge in [0.2, 0.25) is 5.91 Å². The summed E-state index contributed by atoms with van der Waals surface area (Å²) in [6.45, 7) is 0. The molecule has 0 saturated heterocycles. The molecule has 164 valence electrons. The molecular weight excluding hydrogens is 419 g/mol. The van der Waals surface area contributed by atoms with Crippen LogP contribution in [0.25, 0.3) is 0 Å². The second-order valence-corrected chi connectivity index (χ2v) is 7.17. The van der Waals surface area contributed by atoms with Gasteiger partial charge in [-0.25, -0.2) is 0 Å². The zero-order valence-corrected chi connectivity index (χ0v) is 16.9. The summed E-state index contributed by atoms with van der Waals surface area (Å²) in [4.78, 5) is 38.2. The average molecular weight is 439 g/mol. The second-order valence-electron chi connectivity index (χ2n) is 7.17. The number of rotatable bonds is 8. The lowest BCUT2D eigenvalue weighted by Crippen LogP contribution is -2.24. The van der Waals surface area contributed by atoms with Crippen molar-refractivity contribution in [2.45, 2.75) is 24.9 Å². The number of hydrogen-bond donors (Lipinski definition) is 1. The van der Waals surface area contributed by atoms with Crippen molar-refractivity contribution in [1.82, 2.24) is 0 Å². The minimum absolute atomic E-state index is 0.0164. The first-order valence-electron chi connectivity index (χ1n) is 9.90. The van der Waals surface area contributed by atoms with Crippen LogP contribution in [0.4, 0.5) is 18.9 Å². The van der Waals surface area contributed by atoms with Crippen molar-refractivity contribution in [3.63, 3.8) is 0 Å². The predicted octanol–water partition coefficient (Wildman–Crippen LogP) is 5.66. The van der Waals surface area contributed by atoms with Crippen LogP contribution < -0.4 is 5.32 Å². The van der Waals surface area contributed by atoms with Crippen LogP contribution in [-0.2, 0) is 15.8 Å². The molecule has 0 heterocycles. The zero-order chi connectivity index (χ0) is 23.1. The number of amides is 1. The van der Waals surface area contributed by atoms with Gasteiger partial charge in [0.1, 0.15) is 11.7 Å². The Morgan fingerprint density at radius 2 is 1.41 bits per heavy atom. The van der Waals surface area contributed by atoms with Crippen molar-refractivity contribution in [3.05, 3.63) is 102 Å². The Labute approximate surface area is 183 Å². The molecule has 0 aromatic heterocycles. The maximum atomic E-state index is 13.0. The van der Waals surface area contributed by atoms with E-state index < -0.39 is 29.3 Å². The minimum Gasteiger partial charge on any atom is -0.326 e. The van der Waals surface area contributed by atoms with E-state index in [9.17, 15) is 27.6 Å². The van der Waals surface area contributed by atoms with E-state index in [1.54, 1.807) is 60.7 Å². The molecule has 0 bridgehead atoms. The second kappa shape index (κ2) is 10.0. The third-order valence-corrected chi connectivity index (χ3v) is 4.85. The van der Waals surface area contributed by atoms with Gasteiger partial charge >= 0.3 is 6.18 Å². The Kier molecular flexibility index (Phi) is 7.20. The molecule has 0 unspecified atom stereocenters. The van der Waals surface area contributed by atoms with Crippen molar-refractivity contribution < 1.29 is 27.6 Å². The van der Waals surface area contributed by atoms with Gasteiger partial charge in [0.05, 0.1) is 5.56 Å². The highest BCUT2D eigenvalue weighted by molar-refractivity contribution is 6.15. The molecule has 0 aliphatic rings. The van der Waals surface area contributed by atoms with E-state index in [1.807, 2.05) is 0 Å². The number of Topliss-reactive ketones (excluding diaryl/α,β-unsaturated/α-hetero) is 2. The molecule has 1 atom stereocenters. The molecule has 0 radical (unpaired) electrons. The number of carbonyl (C=O) groups is 3. The van der Waals surface area contributed by atoms with Crippen LogP contribution in [0.1, 0.15) is 40.2 Å². The fraction of sp³-hybridized carbons (Fsp3) is 0.160. The standard InChI is InChI=1S/C25H20F3NO3/c26-25(27,28)19-12-7-13-20(16-19)29-22(31)15-14-21(30)23(17-8-3-1-4-9-17)24(32)18-10-5-2-6-11-18/h1-13,16,23H,14-15H2,(H,29,31)/t23-/m1/s1. The van der Waals surface area contributed by atoms with Crippen LogP contribution in [0.3, 0.4) is 0 Å². The number of nitrogens with one attached hydrogen (secondary N) is 1. The third-order valence-electron chi connectivity index (χ3n) is 4.85. The molecule has 1 amide bonds. The summed E-state index contributed by atoms with van der Waals surface area (Å²) in [5.41, 5.74) is -0.00557. The summed E-state index contributed by atoms with van der Waals surface area (Å²) in [6, 6.07) is 21.2. The fourth-order valence-electron chi connectivity index (χ4n) is 3.28. The largest absolute Gasteiger partial charge is 0.416 e. The maximum Gasteiger partial charge on any atom is 0.416 e. The smallest absolute Gasteiger partial charge is 0.326 e. The van der Waals surface area contributed by atoms with Crippen LogP contribution in [-0.4, -0.2) is 17.5 Å². The summed E-state index contributed by atoms with van der Waals surface area (Å²) >= 11 is 0. The molecule has 3 aromatic carbocycles. The number of alkyl halides is 3. The van der Waals surface area contributed by atoms with Gasteiger partial charge in [0, 0.05) is 24.1 Å². The number of carbonyl (C=O) groups excluding carboxylic acids is 3. The lowest BCUT2D eigenvalue weighted by molar-refractivity contribution is -0.137. The third kappa shape index (κ3) is 5.91. The molecule has 3 rings (SSSR count). The first-order valence-corrected chi connectivity index (χ1v) is 9.90. The van der Waals surface area contributed by atoms with Crippen LogP contribution in [0.5, 0.6) is 0 Å². The maximum absolute atomic E-state index is 13.0. The van der Waals surface area contributed by atoms with Crippen molar-refractivity contribution in [3.8, 4) is 0 Å². The Morgan fingerprint density at radius 3 is 2.03 bits per heavy atom. The number of ketones is 2. The van der Waals surface area contributed by atoms with E-state index >= 15 is 0 Å². The molecule has 0 aliphatic heterocycles. The predicted molar refractivity (Wildman–Crippen MR) is 114 cm³/mol. The van der Waals surface area contributed by atoms with Gasteiger partial charge in [-0.15, -0.1) is 0 Å². The van der Waals surface area contributed by atoms with Gasteiger partial charge in [0.15, 0.2) is 5.78 Å². The summed E-state index contributed by atoms with van der Waals surface area (Å²) in [6.07, 6.45) is -5.03. The van der Waals surface area contributed by atoms with Gasteiger partial charge in [-0.2, -0.15) is 13.2 Å². The highest BCUT2D eigenvalue weighted by Gasteiger charge is 2.31. The Hall–Kier alpha value is -3.74. The number of halogens is 3. The molecule has 4 nitrogen and oxygen atoms in total. The number of anilines is 1. The van der Waals surface area contributed by atoms with E-state index in [4.69, 9.17) is 0 Å². The van der Waals surface area contributed by atoms with E-state index in [0.29, 0.717) is 11.1 Å². The first kappa shape index (κ1) is 22.9. The Balaban J connectivity index is 1.70. The molecule has 7 heteroatoms. The van der Waals surface area contributed by atoms with E-state index in [1.165, 1.54) is 12.1 Å². The molecule has 1 N–H and O–H groups in total. The van der Waals surface area contributed by atoms with Crippen LogP contribution in [0, 0.1) is 0 Å². The monoisotopic (exact) mass is 439 g/mol. The summed E-state index contributed by atoms with van der Waals surface area (Å²) in [7, 11) is 0. The van der Waals surface area contributed by atoms with Crippen LogP contribution >= 0.6 is 0 Å². The van der Waals surface area contributed by atoms with Crippen molar-refractivity contribution in [2.24, 2.45) is 0 Å². The van der Waals surface area contributed by atoms with Crippen LogP contribution in [0.2, 0.25) is 0 Å². The van der Waals surface area contributed by atoms with Gasteiger partial charge in [-0.3, -0.25) is 14.4 Å². The summed E-state index contributed by atoms with van der Waals surface area (Å²) in [5.74, 6) is -2.50. The molecule has 0 fully saturated rings. The van der Waals surface area contributed by atoms with Gasteiger partial charge in [-0.05, 0) is 23.8 Å². The van der Waals surface area contributed by atoms with E-state index in [2.05, 4.69) is 5.32 Å². The molecular formula is C25H20F3NO3. The number of benzene rings is 3. The first-order chi connectivity index (χ1) is 15.3. The molecule has 0 spiro atoms. The zero-order valence-electron chi connectivity index (χ0n) is 16.9. The molecule has 3 aromatic rings. The highest BCUT2D eigenvalue weighted by atomic mass is 19.4. The molecule has 0 aliphatic carbocycles. The van der Waals surface area contributed by atoms with Gasteiger partial charge in [0.25, 0.3) is 0 Å². The Morgan fingerprint density at radius 1 is 0.781 bits per heavy atom. The van der Waals surface area contributed by atoms with Crippen LogP contribution in [0.15, 0.2) is 84.9 Å². The minimum atomic E-state index is -4.53. The average Bonchev–Trinajstić information content (AvgIpc) is 2.79. The lowest BCUT2D eigenvalue weighted by atomic mass is 9.85. The SMILES string of the molecule is O=C(CCC(=O)[C@H](C(=O)c1ccccc1)c1ccccc1)Nc1cccc(C(F)(F)F)c1. The van der Waals surface area contributed by atoms with E-state index in [-0.39, 0.29) is 24.3 Å². The van der Waals surface area contributed by atoms with Crippen molar-refractivity contribution >= 4 is 23.2 Å². The van der Waals surface area contributed by atoms with Gasteiger partial charge in [-0.1, -0.05) is 66.7 Å².